The molecule has 0 spiro atoms. The first kappa shape index (κ1) is 11.9. The van der Waals surface area contributed by atoms with Crippen LogP contribution in [0.25, 0.3) is 11.0 Å². The zero-order valence-electron chi connectivity index (χ0n) is 11.6. The number of aromatic amines is 1. The van der Waals surface area contributed by atoms with Gasteiger partial charge in [0.1, 0.15) is 5.82 Å². The molecule has 3 atom stereocenters. The van der Waals surface area contributed by atoms with Crippen molar-refractivity contribution in [2.24, 2.45) is 0 Å². The average Bonchev–Trinajstić information content (AvgIpc) is 2.78. The van der Waals surface area contributed by atoms with Crippen molar-refractivity contribution in [1.82, 2.24) is 20.2 Å². The standard InChI is InChI=1S/C13H18N6O/c1-6-7-3-4-13(2,20)5-19(7)11-8-9(6)17-18-10(8)15-12(14)16-11/h6-7,20H,3-5H2,1-2H3,(H3,14,15,16,17,18)/t6?,7?,13-/m0/s1. The molecule has 7 heteroatoms. The third-order valence-corrected chi connectivity index (χ3v) is 4.63. The molecule has 4 heterocycles. The first-order valence-corrected chi connectivity index (χ1v) is 6.97. The zero-order chi connectivity index (χ0) is 14.1. The summed E-state index contributed by atoms with van der Waals surface area (Å²) in [6.45, 7) is 4.63. The molecule has 0 aromatic carbocycles. The van der Waals surface area contributed by atoms with Crippen LogP contribution in [-0.4, -0.2) is 43.5 Å². The fraction of sp³-hybridized carbons (Fsp3) is 0.615. The molecule has 0 aliphatic carbocycles. The van der Waals surface area contributed by atoms with Crippen LogP contribution in [0.4, 0.5) is 11.8 Å². The van der Waals surface area contributed by atoms with Crippen molar-refractivity contribution in [1.29, 1.82) is 0 Å². The average molecular weight is 274 g/mol. The summed E-state index contributed by atoms with van der Waals surface area (Å²) in [4.78, 5) is 10.8. The molecule has 0 radical (unpaired) electrons. The third kappa shape index (κ3) is 1.46. The number of nitrogens with zero attached hydrogens (tertiary/aromatic N) is 4. The second kappa shape index (κ2) is 3.60. The molecule has 2 aliphatic heterocycles. The van der Waals surface area contributed by atoms with Gasteiger partial charge in [0.15, 0.2) is 5.65 Å². The van der Waals surface area contributed by atoms with Gasteiger partial charge in [-0.15, -0.1) is 0 Å². The number of nitrogens with one attached hydrogen (secondary N) is 1. The smallest absolute Gasteiger partial charge is 0.224 e. The molecule has 7 nitrogen and oxygen atoms in total. The van der Waals surface area contributed by atoms with Crippen LogP contribution in [0, 0.1) is 0 Å². The highest BCUT2D eigenvalue weighted by Gasteiger charge is 2.43. The molecule has 0 amide bonds. The number of aliphatic hydroxyl groups is 1. The van der Waals surface area contributed by atoms with E-state index in [1.807, 2.05) is 6.92 Å². The molecule has 2 aromatic rings. The van der Waals surface area contributed by atoms with Gasteiger partial charge in [-0.25, -0.2) is 0 Å². The minimum atomic E-state index is -0.691. The highest BCUT2D eigenvalue weighted by Crippen LogP contribution is 2.44. The van der Waals surface area contributed by atoms with Crippen LogP contribution < -0.4 is 10.6 Å². The second-order valence-electron chi connectivity index (χ2n) is 6.26. The molecule has 2 aromatic heterocycles. The van der Waals surface area contributed by atoms with E-state index in [1.54, 1.807) is 0 Å². The maximum absolute atomic E-state index is 10.4. The Labute approximate surface area is 116 Å². The highest BCUT2D eigenvalue weighted by molar-refractivity contribution is 5.92. The predicted octanol–water partition coefficient (Wildman–Crippen LogP) is 0.772. The van der Waals surface area contributed by atoms with E-state index in [9.17, 15) is 5.11 Å². The SMILES string of the molecule is CC1c2[nH]nc3nc(N)nc(c23)N2C[C@@](C)(O)CCC12. The Balaban J connectivity index is 1.96. The van der Waals surface area contributed by atoms with E-state index in [-0.39, 0.29) is 5.95 Å². The molecule has 1 fully saturated rings. The monoisotopic (exact) mass is 274 g/mol. The van der Waals surface area contributed by atoms with Gasteiger partial charge in [0, 0.05) is 18.5 Å². The largest absolute Gasteiger partial charge is 0.388 e. The number of H-pyrrole nitrogens is 1. The van der Waals surface area contributed by atoms with E-state index >= 15 is 0 Å². The number of aromatic nitrogens is 4. The van der Waals surface area contributed by atoms with Gasteiger partial charge >= 0.3 is 0 Å². The Bertz CT molecular complexity index is 693. The molecule has 106 valence electrons. The number of fused-ring (bicyclic) bond motifs is 2. The summed E-state index contributed by atoms with van der Waals surface area (Å²) in [5, 5.41) is 18.7. The summed E-state index contributed by atoms with van der Waals surface area (Å²) < 4.78 is 0. The number of nitrogens with two attached hydrogens (primary N) is 1. The van der Waals surface area contributed by atoms with Gasteiger partial charge in [-0.1, -0.05) is 6.92 Å². The Morgan fingerprint density at radius 2 is 2.25 bits per heavy atom. The number of piperidine rings is 1. The molecule has 4 N–H and O–H groups in total. The van der Waals surface area contributed by atoms with Crippen LogP contribution >= 0.6 is 0 Å². The van der Waals surface area contributed by atoms with E-state index in [4.69, 9.17) is 5.73 Å². The Hall–Kier alpha value is -1.89. The van der Waals surface area contributed by atoms with Crippen LogP contribution in [0.5, 0.6) is 0 Å². The number of nitrogen functional groups attached to an aromatic ring is 1. The van der Waals surface area contributed by atoms with Crippen LogP contribution in [0.15, 0.2) is 0 Å². The number of anilines is 2. The summed E-state index contributed by atoms with van der Waals surface area (Å²) in [5.41, 5.74) is 6.79. The van der Waals surface area contributed by atoms with Crippen molar-refractivity contribution in [3.63, 3.8) is 0 Å². The molecule has 2 unspecified atom stereocenters. The second-order valence-corrected chi connectivity index (χ2v) is 6.26. The lowest BCUT2D eigenvalue weighted by Crippen LogP contribution is -2.54. The lowest BCUT2D eigenvalue weighted by Gasteiger charge is -2.47. The molecular weight excluding hydrogens is 256 g/mol. The van der Waals surface area contributed by atoms with Gasteiger partial charge in [0.25, 0.3) is 0 Å². The Morgan fingerprint density at radius 1 is 1.45 bits per heavy atom. The van der Waals surface area contributed by atoms with Crippen molar-refractivity contribution in [3.8, 4) is 0 Å². The number of hydrogen-bond acceptors (Lipinski definition) is 6. The molecular formula is C13H18N6O. The first-order chi connectivity index (χ1) is 9.46. The normalized spacial score (nSPS) is 32.5. The summed E-state index contributed by atoms with van der Waals surface area (Å²) in [6, 6.07) is 0.320. The molecule has 2 aliphatic rings. The summed E-state index contributed by atoms with van der Waals surface area (Å²) >= 11 is 0. The van der Waals surface area contributed by atoms with E-state index in [0.29, 0.717) is 24.2 Å². The van der Waals surface area contributed by atoms with Crippen LogP contribution in [0.3, 0.4) is 0 Å². The van der Waals surface area contributed by atoms with Crippen molar-refractivity contribution < 1.29 is 5.11 Å². The van der Waals surface area contributed by atoms with Crippen LogP contribution in [0.1, 0.15) is 38.3 Å². The quantitative estimate of drug-likeness (QED) is 0.655. The van der Waals surface area contributed by atoms with Crippen LogP contribution in [-0.2, 0) is 0 Å². The van der Waals surface area contributed by atoms with Gasteiger partial charge in [0.2, 0.25) is 5.95 Å². The fourth-order valence-corrected chi connectivity index (χ4v) is 3.60. The molecule has 4 rings (SSSR count). The Morgan fingerprint density at radius 3 is 3.05 bits per heavy atom. The number of rotatable bonds is 0. The van der Waals surface area contributed by atoms with Crippen molar-refractivity contribution in [2.75, 3.05) is 17.2 Å². The summed E-state index contributed by atoms with van der Waals surface area (Å²) in [6.07, 6.45) is 1.73. The van der Waals surface area contributed by atoms with E-state index in [0.717, 1.165) is 29.7 Å². The minimum absolute atomic E-state index is 0.226. The molecule has 1 saturated heterocycles. The van der Waals surface area contributed by atoms with E-state index in [2.05, 4.69) is 32.0 Å². The van der Waals surface area contributed by atoms with E-state index in [1.165, 1.54) is 0 Å². The molecule has 0 saturated carbocycles. The summed E-state index contributed by atoms with van der Waals surface area (Å²) in [7, 11) is 0. The van der Waals surface area contributed by atoms with Gasteiger partial charge < -0.3 is 15.7 Å². The zero-order valence-corrected chi connectivity index (χ0v) is 11.6. The predicted molar refractivity (Wildman–Crippen MR) is 75.5 cm³/mol. The van der Waals surface area contributed by atoms with Gasteiger partial charge in [-0.2, -0.15) is 15.1 Å². The van der Waals surface area contributed by atoms with Crippen molar-refractivity contribution >= 4 is 22.8 Å². The maximum atomic E-state index is 10.4. The van der Waals surface area contributed by atoms with Gasteiger partial charge in [-0.3, -0.25) is 5.10 Å². The maximum Gasteiger partial charge on any atom is 0.224 e. The molecule has 0 bridgehead atoms. The van der Waals surface area contributed by atoms with Gasteiger partial charge in [-0.05, 0) is 19.8 Å². The molecule has 20 heavy (non-hydrogen) atoms. The third-order valence-electron chi connectivity index (χ3n) is 4.63. The van der Waals surface area contributed by atoms with E-state index < -0.39 is 5.60 Å². The summed E-state index contributed by atoms with van der Waals surface area (Å²) in [5.74, 6) is 1.35. The van der Waals surface area contributed by atoms with Gasteiger partial charge in [0.05, 0.1) is 16.7 Å². The number of hydrogen-bond donors (Lipinski definition) is 3. The first-order valence-electron chi connectivity index (χ1n) is 6.97. The van der Waals surface area contributed by atoms with Crippen molar-refractivity contribution in [3.05, 3.63) is 5.69 Å². The van der Waals surface area contributed by atoms with Crippen molar-refractivity contribution in [2.45, 2.75) is 44.2 Å². The van der Waals surface area contributed by atoms with Crippen LogP contribution in [0.2, 0.25) is 0 Å². The topological polar surface area (TPSA) is 104 Å². The lowest BCUT2D eigenvalue weighted by molar-refractivity contribution is 0.0337. The fourth-order valence-electron chi connectivity index (χ4n) is 3.60. The minimum Gasteiger partial charge on any atom is -0.388 e. The Kier molecular flexibility index (Phi) is 2.14. The highest BCUT2D eigenvalue weighted by atomic mass is 16.3. The lowest BCUT2D eigenvalue weighted by atomic mass is 9.81.